The van der Waals surface area contributed by atoms with Crippen LogP contribution < -0.4 is 0 Å². The van der Waals surface area contributed by atoms with Gasteiger partial charge in [0.1, 0.15) is 0 Å². The standard InChI is InChI=1S/C8H16/c1-7(2)8-5-3-4-6-8/h7-8H,3-6H2,1-2H3/i7D. The van der Waals surface area contributed by atoms with Gasteiger partial charge < -0.3 is 0 Å². The molecular weight excluding hydrogens is 96.1 g/mol. The molecular formula is C8H16. The Labute approximate surface area is 53.7 Å². The van der Waals surface area contributed by atoms with Gasteiger partial charge >= 0.3 is 0 Å². The minimum absolute atomic E-state index is 0.170. The van der Waals surface area contributed by atoms with Gasteiger partial charge in [0.25, 0.3) is 0 Å². The van der Waals surface area contributed by atoms with E-state index < -0.39 is 0 Å². The van der Waals surface area contributed by atoms with E-state index in [1.54, 1.807) is 0 Å². The predicted molar refractivity (Wildman–Crippen MR) is 36.8 cm³/mol. The zero-order valence-electron chi connectivity index (χ0n) is 6.91. The summed E-state index contributed by atoms with van der Waals surface area (Å²) in [6.45, 7) is 4.06. The summed E-state index contributed by atoms with van der Waals surface area (Å²) in [7, 11) is 0. The van der Waals surface area contributed by atoms with Crippen molar-refractivity contribution in [2.45, 2.75) is 39.5 Å². The second-order valence-electron chi connectivity index (χ2n) is 3.06. The molecule has 1 fully saturated rings. The van der Waals surface area contributed by atoms with Crippen molar-refractivity contribution >= 4 is 0 Å². The van der Waals surface area contributed by atoms with Gasteiger partial charge in [-0.2, -0.15) is 0 Å². The molecule has 0 aromatic carbocycles. The van der Waals surface area contributed by atoms with Crippen LogP contribution in [0.4, 0.5) is 0 Å². The molecule has 0 aliphatic heterocycles. The Morgan fingerprint density at radius 3 is 2.12 bits per heavy atom. The van der Waals surface area contributed by atoms with Gasteiger partial charge in [0.05, 0.1) is 0 Å². The van der Waals surface area contributed by atoms with Crippen LogP contribution in [0.15, 0.2) is 0 Å². The summed E-state index contributed by atoms with van der Waals surface area (Å²) >= 11 is 0. The second kappa shape index (κ2) is 2.52. The molecule has 0 aromatic heterocycles. The molecule has 0 heteroatoms. The first-order valence-electron chi connectivity index (χ1n) is 4.11. The van der Waals surface area contributed by atoms with E-state index in [1.165, 1.54) is 25.7 Å². The quantitative estimate of drug-likeness (QED) is 0.490. The lowest BCUT2D eigenvalue weighted by Gasteiger charge is -2.11. The highest BCUT2D eigenvalue weighted by Crippen LogP contribution is 2.30. The van der Waals surface area contributed by atoms with Crippen molar-refractivity contribution in [2.24, 2.45) is 11.8 Å². The van der Waals surface area contributed by atoms with E-state index in [4.69, 9.17) is 1.37 Å². The van der Waals surface area contributed by atoms with Gasteiger partial charge in [-0.1, -0.05) is 39.5 Å². The minimum atomic E-state index is -0.170. The molecule has 0 amide bonds. The third-order valence-corrected chi connectivity index (χ3v) is 2.17. The average Bonchev–Trinajstić information content (AvgIpc) is 2.08. The van der Waals surface area contributed by atoms with Crippen LogP contribution in [0, 0.1) is 11.8 Å². The topological polar surface area (TPSA) is 0 Å². The molecule has 0 saturated heterocycles. The van der Waals surface area contributed by atoms with Crippen molar-refractivity contribution < 1.29 is 1.37 Å². The van der Waals surface area contributed by atoms with Gasteiger partial charge in [0.2, 0.25) is 0 Å². The van der Waals surface area contributed by atoms with Crippen LogP contribution in [-0.2, 0) is 0 Å². The van der Waals surface area contributed by atoms with Crippen LogP contribution >= 0.6 is 0 Å². The molecule has 0 heterocycles. The normalized spacial score (nSPS) is 26.0. The lowest BCUT2D eigenvalue weighted by atomic mass is 9.95. The summed E-state index contributed by atoms with van der Waals surface area (Å²) in [5, 5.41) is 0. The Morgan fingerprint density at radius 2 is 1.88 bits per heavy atom. The van der Waals surface area contributed by atoms with Gasteiger partial charge in [-0.25, -0.2) is 0 Å². The highest BCUT2D eigenvalue weighted by atomic mass is 14.2. The van der Waals surface area contributed by atoms with Crippen LogP contribution in [0.5, 0.6) is 0 Å². The Morgan fingerprint density at radius 1 is 1.38 bits per heavy atom. The fourth-order valence-corrected chi connectivity index (χ4v) is 1.50. The molecule has 1 rings (SSSR count). The number of hydrogen-bond donors (Lipinski definition) is 0. The van der Waals surface area contributed by atoms with Crippen molar-refractivity contribution in [3.8, 4) is 0 Å². The molecule has 0 bridgehead atoms. The maximum Gasteiger partial charge on any atom is 0.0300 e. The van der Waals surface area contributed by atoms with E-state index in [0.29, 0.717) is 5.92 Å². The highest BCUT2D eigenvalue weighted by Gasteiger charge is 2.17. The molecule has 0 spiro atoms. The zero-order chi connectivity index (χ0) is 6.91. The van der Waals surface area contributed by atoms with Gasteiger partial charge in [-0.05, 0) is 11.8 Å². The van der Waals surface area contributed by atoms with Gasteiger partial charge in [0.15, 0.2) is 0 Å². The zero-order valence-corrected chi connectivity index (χ0v) is 5.91. The molecule has 8 heavy (non-hydrogen) atoms. The Balaban J connectivity index is 2.42. The SMILES string of the molecule is [2H]C(C)(C)C1CCCC1. The molecule has 0 aromatic rings. The van der Waals surface area contributed by atoms with Crippen LogP contribution in [0.25, 0.3) is 0 Å². The van der Waals surface area contributed by atoms with Crippen molar-refractivity contribution in [3.63, 3.8) is 0 Å². The molecule has 0 atom stereocenters. The fraction of sp³-hybridized carbons (Fsp3) is 1.00. The first kappa shape index (κ1) is 4.84. The van der Waals surface area contributed by atoms with Crippen molar-refractivity contribution in [1.29, 1.82) is 0 Å². The van der Waals surface area contributed by atoms with Crippen LogP contribution in [0.3, 0.4) is 0 Å². The van der Waals surface area contributed by atoms with E-state index in [0.717, 1.165) is 0 Å². The van der Waals surface area contributed by atoms with Crippen LogP contribution in [0.1, 0.15) is 40.9 Å². The summed E-state index contributed by atoms with van der Waals surface area (Å²) in [6.07, 6.45) is 5.28. The summed E-state index contributed by atoms with van der Waals surface area (Å²) in [4.78, 5) is 0. The van der Waals surface area contributed by atoms with Crippen molar-refractivity contribution in [2.75, 3.05) is 0 Å². The summed E-state index contributed by atoms with van der Waals surface area (Å²) < 4.78 is 7.73. The largest absolute Gasteiger partial charge is 0.0625 e. The van der Waals surface area contributed by atoms with E-state index in [9.17, 15) is 0 Å². The van der Waals surface area contributed by atoms with Gasteiger partial charge in [0, 0.05) is 1.37 Å². The molecule has 0 N–H and O–H groups in total. The van der Waals surface area contributed by atoms with Crippen LogP contribution in [0.2, 0.25) is 0 Å². The monoisotopic (exact) mass is 113 g/mol. The van der Waals surface area contributed by atoms with E-state index >= 15 is 0 Å². The lowest BCUT2D eigenvalue weighted by molar-refractivity contribution is 0.396. The number of rotatable bonds is 1. The average molecular weight is 113 g/mol. The molecule has 1 aliphatic carbocycles. The van der Waals surface area contributed by atoms with E-state index in [2.05, 4.69) is 0 Å². The molecule has 0 unspecified atom stereocenters. The summed E-state index contributed by atoms with van der Waals surface area (Å²) in [6, 6.07) is 0. The molecule has 0 nitrogen and oxygen atoms in total. The summed E-state index contributed by atoms with van der Waals surface area (Å²) in [5.74, 6) is 0.508. The van der Waals surface area contributed by atoms with E-state index in [-0.39, 0.29) is 5.89 Å². The Hall–Kier alpha value is 0. The molecule has 1 saturated carbocycles. The van der Waals surface area contributed by atoms with Crippen molar-refractivity contribution in [1.82, 2.24) is 0 Å². The predicted octanol–water partition coefficient (Wildman–Crippen LogP) is 2.83. The summed E-state index contributed by atoms with van der Waals surface area (Å²) in [5.41, 5.74) is 0. The third kappa shape index (κ3) is 1.24. The molecule has 48 valence electrons. The maximum absolute atomic E-state index is 7.73. The highest BCUT2D eigenvalue weighted by molar-refractivity contribution is 4.69. The maximum atomic E-state index is 7.73. The molecule has 1 aliphatic rings. The third-order valence-electron chi connectivity index (χ3n) is 2.17. The van der Waals surface area contributed by atoms with Gasteiger partial charge in [-0.15, -0.1) is 0 Å². The first-order valence-corrected chi connectivity index (χ1v) is 3.61. The second-order valence-corrected chi connectivity index (χ2v) is 3.06. The van der Waals surface area contributed by atoms with Crippen molar-refractivity contribution in [3.05, 3.63) is 0 Å². The first-order chi connectivity index (χ1) is 4.11. The minimum Gasteiger partial charge on any atom is -0.0625 e. The molecule has 0 radical (unpaired) electrons. The Kier molecular flexibility index (Phi) is 1.52. The number of hydrogen-bond acceptors (Lipinski definition) is 0. The smallest absolute Gasteiger partial charge is 0.0300 e. The van der Waals surface area contributed by atoms with Gasteiger partial charge in [-0.3, -0.25) is 0 Å². The van der Waals surface area contributed by atoms with Crippen LogP contribution in [-0.4, -0.2) is 0 Å². The Bertz CT molecular complexity index is 85.2. The van der Waals surface area contributed by atoms with E-state index in [1.807, 2.05) is 13.8 Å². The fourth-order valence-electron chi connectivity index (χ4n) is 1.50. The lowest BCUT2D eigenvalue weighted by Crippen LogP contribution is -2.01.